The van der Waals surface area contributed by atoms with E-state index < -0.39 is 0 Å². The second-order valence-corrected chi connectivity index (χ2v) is 5.76. The molecule has 0 aromatic heterocycles. The molecule has 0 radical (unpaired) electrons. The first kappa shape index (κ1) is 13.4. The summed E-state index contributed by atoms with van der Waals surface area (Å²) in [6.45, 7) is 5.04. The highest BCUT2D eigenvalue weighted by molar-refractivity contribution is 5.73. The number of fused-ring (bicyclic) bond motifs is 1. The van der Waals surface area contributed by atoms with E-state index in [-0.39, 0.29) is 17.9 Å². The Labute approximate surface area is 120 Å². The van der Waals surface area contributed by atoms with Gasteiger partial charge < -0.3 is 10.1 Å². The summed E-state index contributed by atoms with van der Waals surface area (Å²) in [4.78, 5) is 14.1. The zero-order chi connectivity index (χ0) is 14.1. The van der Waals surface area contributed by atoms with Gasteiger partial charge in [-0.1, -0.05) is 18.2 Å². The second kappa shape index (κ2) is 5.44. The van der Waals surface area contributed by atoms with Crippen molar-refractivity contribution in [1.29, 1.82) is 0 Å². The molecule has 1 aromatic rings. The number of likely N-dealkylation sites (tertiary alicyclic amines) is 1. The SMILES string of the molecule is COC(=O)C1CCN(Cc2cccc3c2NCC3)C1C. The van der Waals surface area contributed by atoms with Gasteiger partial charge in [0.15, 0.2) is 0 Å². The number of rotatable bonds is 3. The first-order valence-electron chi connectivity index (χ1n) is 7.37. The van der Waals surface area contributed by atoms with Crippen molar-refractivity contribution >= 4 is 11.7 Å². The average Bonchev–Trinajstić information content (AvgIpc) is 3.06. The third-order valence-corrected chi connectivity index (χ3v) is 4.70. The highest BCUT2D eigenvalue weighted by atomic mass is 16.5. The lowest BCUT2D eigenvalue weighted by molar-refractivity contribution is -0.146. The van der Waals surface area contributed by atoms with E-state index >= 15 is 0 Å². The number of carbonyl (C=O) groups excluding carboxylic acids is 1. The van der Waals surface area contributed by atoms with Crippen molar-refractivity contribution in [1.82, 2.24) is 4.90 Å². The molecular weight excluding hydrogens is 252 g/mol. The zero-order valence-electron chi connectivity index (χ0n) is 12.2. The smallest absolute Gasteiger partial charge is 0.310 e. The van der Waals surface area contributed by atoms with Crippen molar-refractivity contribution in [3.05, 3.63) is 29.3 Å². The van der Waals surface area contributed by atoms with Crippen LogP contribution in [0.1, 0.15) is 24.5 Å². The van der Waals surface area contributed by atoms with Crippen LogP contribution in [0, 0.1) is 5.92 Å². The number of hydrogen-bond acceptors (Lipinski definition) is 4. The van der Waals surface area contributed by atoms with Gasteiger partial charge in [-0.25, -0.2) is 0 Å². The largest absolute Gasteiger partial charge is 0.469 e. The van der Waals surface area contributed by atoms with Crippen LogP contribution in [0.5, 0.6) is 0 Å². The Balaban J connectivity index is 1.73. The normalized spacial score (nSPS) is 25.3. The van der Waals surface area contributed by atoms with E-state index in [1.807, 2.05) is 0 Å². The Bertz CT molecular complexity index is 515. The maximum atomic E-state index is 11.7. The van der Waals surface area contributed by atoms with Crippen LogP contribution >= 0.6 is 0 Å². The van der Waals surface area contributed by atoms with Crippen LogP contribution in [0.25, 0.3) is 0 Å². The Morgan fingerprint density at radius 2 is 2.35 bits per heavy atom. The summed E-state index contributed by atoms with van der Waals surface area (Å²) in [5.41, 5.74) is 4.07. The van der Waals surface area contributed by atoms with Crippen molar-refractivity contribution in [2.75, 3.05) is 25.5 Å². The summed E-state index contributed by atoms with van der Waals surface area (Å²) < 4.78 is 4.90. The molecule has 1 aromatic carbocycles. The third-order valence-electron chi connectivity index (χ3n) is 4.70. The van der Waals surface area contributed by atoms with Gasteiger partial charge in [0.05, 0.1) is 13.0 Å². The van der Waals surface area contributed by atoms with E-state index in [0.717, 1.165) is 32.5 Å². The summed E-state index contributed by atoms with van der Waals surface area (Å²) in [7, 11) is 1.48. The quantitative estimate of drug-likeness (QED) is 0.856. The van der Waals surface area contributed by atoms with Gasteiger partial charge in [-0.15, -0.1) is 0 Å². The number of esters is 1. The van der Waals surface area contributed by atoms with Crippen LogP contribution in [-0.4, -0.2) is 37.1 Å². The number of benzene rings is 1. The van der Waals surface area contributed by atoms with Gasteiger partial charge in [-0.3, -0.25) is 9.69 Å². The molecule has 2 heterocycles. The molecule has 2 unspecified atom stereocenters. The predicted octanol–water partition coefficient (Wildman–Crippen LogP) is 2.04. The molecule has 108 valence electrons. The molecule has 4 heteroatoms. The van der Waals surface area contributed by atoms with E-state index in [1.165, 1.54) is 23.9 Å². The lowest BCUT2D eigenvalue weighted by Gasteiger charge is -2.24. The number of nitrogens with one attached hydrogen (secondary N) is 1. The fourth-order valence-corrected chi connectivity index (χ4v) is 3.45. The number of ether oxygens (including phenoxy) is 1. The molecule has 2 atom stereocenters. The van der Waals surface area contributed by atoms with Gasteiger partial charge in [0.1, 0.15) is 0 Å². The van der Waals surface area contributed by atoms with Crippen LogP contribution < -0.4 is 5.32 Å². The van der Waals surface area contributed by atoms with Crippen LogP contribution in [0.4, 0.5) is 5.69 Å². The number of anilines is 1. The maximum Gasteiger partial charge on any atom is 0.310 e. The summed E-state index contributed by atoms with van der Waals surface area (Å²) >= 11 is 0. The molecule has 2 aliphatic rings. The molecule has 4 nitrogen and oxygen atoms in total. The minimum Gasteiger partial charge on any atom is -0.469 e. The van der Waals surface area contributed by atoms with E-state index in [1.54, 1.807) is 0 Å². The number of carbonyl (C=O) groups is 1. The van der Waals surface area contributed by atoms with Crippen molar-refractivity contribution < 1.29 is 9.53 Å². The second-order valence-electron chi connectivity index (χ2n) is 5.76. The van der Waals surface area contributed by atoms with Gasteiger partial charge in [0.25, 0.3) is 0 Å². The van der Waals surface area contributed by atoms with Crippen LogP contribution in [0.2, 0.25) is 0 Å². The Morgan fingerprint density at radius 1 is 1.50 bits per heavy atom. The van der Waals surface area contributed by atoms with Crippen LogP contribution in [0.15, 0.2) is 18.2 Å². The summed E-state index contributed by atoms with van der Waals surface area (Å²) in [6.07, 6.45) is 2.01. The molecular formula is C16H22N2O2. The molecule has 0 bridgehead atoms. The highest BCUT2D eigenvalue weighted by Gasteiger charge is 2.36. The fourth-order valence-electron chi connectivity index (χ4n) is 3.45. The summed E-state index contributed by atoms with van der Waals surface area (Å²) in [5.74, 6) is -0.0545. The van der Waals surface area contributed by atoms with E-state index in [4.69, 9.17) is 4.74 Å². The number of hydrogen-bond donors (Lipinski definition) is 1. The molecule has 0 amide bonds. The molecule has 0 aliphatic carbocycles. The number of para-hydroxylation sites is 1. The Morgan fingerprint density at radius 3 is 3.15 bits per heavy atom. The third kappa shape index (κ3) is 2.29. The van der Waals surface area contributed by atoms with Gasteiger partial charge in [-0.2, -0.15) is 0 Å². The average molecular weight is 274 g/mol. The molecule has 2 aliphatic heterocycles. The molecule has 1 N–H and O–H groups in total. The standard InChI is InChI=1S/C16H22N2O2/c1-11-14(16(19)20-2)7-9-18(11)10-13-5-3-4-12-6-8-17-15(12)13/h3-5,11,14,17H,6-10H2,1-2H3. The minimum absolute atomic E-state index is 0.0183. The summed E-state index contributed by atoms with van der Waals surface area (Å²) in [6, 6.07) is 6.78. The maximum absolute atomic E-state index is 11.7. The van der Waals surface area contributed by atoms with Crippen molar-refractivity contribution in [3.8, 4) is 0 Å². The van der Waals surface area contributed by atoms with Crippen molar-refractivity contribution in [2.24, 2.45) is 5.92 Å². The Kier molecular flexibility index (Phi) is 3.66. The van der Waals surface area contributed by atoms with E-state index in [0.29, 0.717) is 0 Å². The summed E-state index contributed by atoms with van der Waals surface area (Å²) in [5, 5.41) is 3.48. The fraction of sp³-hybridized carbons (Fsp3) is 0.562. The lowest BCUT2D eigenvalue weighted by Crippen LogP contribution is -2.33. The molecule has 0 saturated carbocycles. The van der Waals surface area contributed by atoms with Crippen molar-refractivity contribution in [3.63, 3.8) is 0 Å². The monoisotopic (exact) mass is 274 g/mol. The van der Waals surface area contributed by atoms with Gasteiger partial charge in [-0.05, 0) is 37.4 Å². The highest BCUT2D eigenvalue weighted by Crippen LogP contribution is 2.31. The molecule has 0 spiro atoms. The minimum atomic E-state index is -0.0728. The molecule has 1 fully saturated rings. The molecule has 20 heavy (non-hydrogen) atoms. The first-order valence-corrected chi connectivity index (χ1v) is 7.37. The van der Waals surface area contributed by atoms with Gasteiger partial charge >= 0.3 is 5.97 Å². The van der Waals surface area contributed by atoms with Gasteiger partial charge in [0.2, 0.25) is 0 Å². The molecule has 1 saturated heterocycles. The van der Waals surface area contributed by atoms with Crippen LogP contribution in [0.3, 0.4) is 0 Å². The number of methoxy groups -OCH3 is 1. The topological polar surface area (TPSA) is 41.6 Å². The van der Waals surface area contributed by atoms with E-state index in [2.05, 4.69) is 35.3 Å². The number of nitrogens with zero attached hydrogens (tertiary/aromatic N) is 1. The van der Waals surface area contributed by atoms with Crippen molar-refractivity contribution in [2.45, 2.75) is 32.4 Å². The lowest BCUT2D eigenvalue weighted by atomic mass is 10.0. The first-order chi connectivity index (χ1) is 9.70. The van der Waals surface area contributed by atoms with Gasteiger partial charge in [0, 0.05) is 24.8 Å². The Hall–Kier alpha value is -1.55. The predicted molar refractivity (Wildman–Crippen MR) is 78.6 cm³/mol. The van der Waals surface area contributed by atoms with Crippen LogP contribution in [-0.2, 0) is 22.5 Å². The zero-order valence-corrected chi connectivity index (χ0v) is 12.2. The molecule has 3 rings (SSSR count). The van der Waals surface area contributed by atoms with E-state index in [9.17, 15) is 4.79 Å².